The van der Waals surface area contributed by atoms with Crippen LogP contribution in [0.3, 0.4) is 0 Å². The van der Waals surface area contributed by atoms with Crippen LogP contribution in [0.2, 0.25) is 0 Å². The lowest BCUT2D eigenvalue weighted by molar-refractivity contribution is -0.120. The van der Waals surface area contributed by atoms with Gasteiger partial charge in [0.25, 0.3) is 5.91 Å². The van der Waals surface area contributed by atoms with Gasteiger partial charge in [-0.25, -0.2) is 9.82 Å². The summed E-state index contributed by atoms with van der Waals surface area (Å²) in [4.78, 5) is 23.3. The molecule has 1 aromatic rings. The number of nitrogens with one attached hydrogen (secondary N) is 2. The molecule has 0 aromatic heterocycles. The Morgan fingerprint density at radius 1 is 1.29 bits per heavy atom. The van der Waals surface area contributed by atoms with E-state index in [1.807, 2.05) is 13.8 Å². The summed E-state index contributed by atoms with van der Waals surface area (Å²) < 4.78 is 13.4. The topological polar surface area (TPSA) is 70.6 Å². The van der Waals surface area contributed by atoms with E-state index >= 15 is 0 Å². The summed E-state index contributed by atoms with van der Waals surface area (Å²) in [5, 5.41) is 6.55. The second-order valence-electron chi connectivity index (χ2n) is 5.14. The Morgan fingerprint density at radius 3 is 2.57 bits per heavy atom. The molecule has 0 atom stereocenters. The molecular weight excluding hydrogens is 273 g/mol. The van der Waals surface area contributed by atoms with Crippen LogP contribution in [0.25, 0.3) is 0 Å². The summed E-state index contributed by atoms with van der Waals surface area (Å²) in [6.45, 7) is 6.20. The van der Waals surface area contributed by atoms with E-state index in [2.05, 4.69) is 15.8 Å². The second kappa shape index (κ2) is 8.14. The van der Waals surface area contributed by atoms with Gasteiger partial charge >= 0.3 is 0 Å². The number of hydrogen-bond donors (Lipinski definition) is 2. The molecule has 114 valence electrons. The largest absolute Gasteiger partial charge is 0.356 e. The molecule has 21 heavy (non-hydrogen) atoms. The Labute approximate surface area is 123 Å². The summed E-state index contributed by atoms with van der Waals surface area (Å²) in [6.07, 6.45) is 0.0876. The Morgan fingerprint density at radius 2 is 1.95 bits per heavy atom. The average Bonchev–Trinajstić information content (AvgIpc) is 2.43. The summed E-state index contributed by atoms with van der Waals surface area (Å²) in [7, 11) is 0. The minimum absolute atomic E-state index is 0.0849. The lowest BCUT2D eigenvalue weighted by Crippen LogP contribution is -2.29. The number of hydrogen-bond acceptors (Lipinski definition) is 3. The van der Waals surface area contributed by atoms with Gasteiger partial charge < -0.3 is 5.32 Å². The molecule has 0 heterocycles. The van der Waals surface area contributed by atoms with Crippen molar-refractivity contribution in [2.45, 2.75) is 27.2 Å². The van der Waals surface area contributed by atoms with Crippen LogP contribution < -0.4 is 10.7 Å². The number of amides is 2. The number of benzene rings is 1. The second-order valence-corrected chi connectivity index (χ2v) is 5.14. The minimum atomic E-state index is -0.643. The van der Waals surface area contributed by atoms with Crippen molar-refractivity contribution in [1.29, 1.82) is 0 Å². The number of carbonyl (C=O) groups excluding carboxylic acids is 2. The van der Waals surface area contributed by atoms with E-state index in [0.717, 1.165) is 0 Å². The highest BCUT2D eigenvalue weighted by Crippen LogP contribution is 2.05. The van der Waals surface area contributed by atoms with E-state index < -0.39 is 11.7 Å². The predicted octanol–water partition coefficient (Wildman–Crippen LogP) is 2.09. The lowest BCUT2D eigenvalue weighted by atomic mass is 10.2. The van der Waals surface area contributed by atoms with E-state index in [-0.39, 0.29) is 17.9 Å². The fraction of sp³-hybridized carbons (Fsp3) is 0.400. The number of hydrazone groups is 1. The maximum Gasteiger partial charge on any atom is 0.274 e. The Bertz CT molecular complexity index is 541. The lowest BCUT2D eigenvalue weighted by Gasteiger charge is -2.07. The number of rotatable bonds is 6. The number of nitrogens with zero attached hydrogens (tertiary/aromatic N) is 1. The van der Waals surface area contributed by atoms with Crippen LogP contribution in [0.5, 0.6) is 0 Å². The van der Waals surface area contributed by atoms with Gasteiger partial charge in [-0.15, -0.1) is 0 Å². The maximum absolute atomic E-state index is 13.4. The van der Waals surface area contributed by atoms with Crippen LogP contribution in [0.4, 0.5) is 4.39 Å². The normalized spacial score (nSPS) is 11.4. The highest BCUT2D eigenvalue weighted by molar-refractivity contribution is 6.01. The van der Waals surface area contributed by atoms with Crippen LogP contribution in [0.15, 0.2) is 29.4 Å². The quantitative estimate of drug-likeness (QED) is 0.623. The van der Waals surface area contributed by atoms with Crippen molar-refractivity contribution < 1.29 is 14.0 Å². The van der Waals surface area contributed by atoms with Crippen molar-refractivity contribution in [2.75, 3.05) is 6.54 Å². The Hall–Kier alpha value is -2.24. The average molecular weight is 293 g/mol. The van der Waals surface area contributed by atoms with E-state index in [4.69, 9.17) is 0 Å². The summed E-state index contributed by atoms with van der Waals surface area (Å²) in [6, 6.07) is 5.63. The van der Waals surface area contributed by atoms with Gasteiger partial charge in [0, 0.05) is 12.3 Å². The van der Waals surface area contributed by atoms with Crippen molar-refractivity contribution in [3.63, 3.8) is 0 Å². The molecule has 6 heteroatoms. The van der Waals surface area contributed by atoms with E-state index in [0.29, 0.717) is 18.2 Å². The SMILES string of the molecule is C/C(CC(=O)NCC(C)C)=N/NC(=O)c1ccccc1F. The molecule has 0 saturated carbocycles. The maximum atomic E-state index is 13.4. The van der Waals surface area contributed by atoms with Gasteiger partial charge in [0.15, 0.2) is 0 Å². The summed E-state index contributed by atoms with van der Waals surface area (Å²) in [5.74, 6) is -1.05. The molecule has 2 amide bonds. The van der Waals surface area contributed by atoms with Crippen LogP contribution >= 0.6 is 0 Å². The molecule has 2 N–H and O–H groups in total. The zero-order valence-electron chi connectivity index (χ0n) is 12.4. The number of halogens is 1. The van der Waals surface area contributed by atoms with Gasteiger partial charge in [-0.3, -0.25) is 9.59 Å². The van der Waals surface area contributed by atoms with Crippen molar-refractivity contribution in [3.8, 4) is 0 Å². The third kappa shape index (κ3) is 6.16. The molecule has 0 saturated heterocycles. The van der Waals surface area contributed by atoms with Gasteiger partial charge in [0.1, 0.15) is 5.82 Å². The molecule has 0 bridgehead atoms. The van der Waals surface area contributed by atoms with Crippen LogP contribution in [0, 0.1) is 11.7 Å². The fourth-order valence-electron chi connectivity index (χ4n) is 1.50. The van der Waals surface area contributed by atoms with Crippen LogP contribution in [-0.4, -0.2) is 24.1 Å². The molecule has 0 aliphatic rings. The molecule has 0 aliphatic carbocycles. The number of carbonyl (C=O) groups is 2. The smallest absolute Gasteiger partial charge is 0.274 e. The molecule has 0 radical (unpaired) electrons. The molecule has 5 nitrogen and oxygen atoms in total. The predicted molar refractivity (Wildman–Crippen MR) is 79.4 cm³/mol. The third-order valence-corrected chi connectivity index (χ3v) is 2.59. The highest BCUT2D eigenvalue weighted by Gasteiger charge is 2.10. The molecule has 1 rings (SSSR count). The van der Waals surface area contributed by atoms with Crippen molar-refractivity contribution in [1.82, 2.24) is 10.7 Å². The molecule has 0 spiro atoms. The highest BCUT2D eigenvalue weighted by atomic mass is 19.1. The van der Waals surface area contributed by atoms with E-state index in [1.54, 1.807) is 13.0 Å². The van der Waals surface area contributed by atoms with Crippen LogP contribution in [0.1, 0.15) is 37.6 Å². The molecule has 1 aromatic carbocycles. The first-order chi connectivity index (χ1) is 9.90. The van der Waals surface area contributed by atoms with Crippen molar-refractivity contribution in [3.05, 3.63) is 35.6 Å². The zero-order chi connectivity index (χ0) is 15.8. The molecule has 0 aliphatic heterocycles. The summed E-state index contributed by atoms with van der Waals surface area (Å²) in [5.41, 5.74) is 2.60. The van der Waals surface area contributed by atoms with Gasteiger partial charge in [-0.05, 0) is 25.0 Å². The van der Waals surface area contributed by atoms with Gasteiger partial charge in [0.05, 0.1) is 12.0 Å². The molecular formula is C15H20FN3O2. The first-order valence-electron chi connectivity index (χ1n) is 6.75. The van der Waals surface area contributed by atoms with E-state index in [1.165, 1.54) is 18.2 Å². The van der Waals surface area contributed by atoms with Crippen molar-refractivity contribution in [2.24, 2.45) is 11.0 Å². The molecule has 0 unspecified atom stereocenters. The monoisotopic (exact) mass is 293 g/mol. The Kier molecular flexibility index (Phi) is 6.52. The standard InChI is InChI=1S/C15H20FN3O2/c1-10(2)9-17-14(20)8-11(3)18-19-15(21)12-6-4-5-7-13(12)16/h4-7,10H,8-9H2,1-3H3,(H,17,20)(H,19,21)/b18-11-. The van der Waals surface area contributed by atoms with E-state index in [9.17, 15) is 14.0 Å². The molecule has 0 fully saturated rings. The summed E-state index contributed by atoms with van der Waals surface area (Å²) >= 11 is 0. The van der Waals surface area contributed by atoms with Crippen molar-refractivity contribution >= 4 is 17.5 Å². The first-order valence-corrected chi connectivity index (χ1v) is 6.75. The van der Waals surface area contributed by atoms with Gasteiger partial charge in [-0.2, -0.15) is 5.10 Å². The minimum Gasteiger partial charge on any atom is -0.356 e. The third-order valence-electron chi connectivity index (χ3n) is 2.59. The van der Waals surface area contributed by atoms with Crippen LogP contribution in [-0.2, 0) is 4.79 Å². The fourth-order valence-corrected chi connectivity index (χ4v) is 1.50. The van der Waals surface area contributed by atoms with Gasteiger partial charge in [-0.1, -0.05) is 26.0 Å². The Balaban J connectivity index is 2.50. The zero-order valence-corrected chi connectivity index (χ0v) is 12.4. The first kappa shape index (κ1) is 16.8. The van der Waals surface area contributed by atoms with Gasteiger partial charge in [0.2, 0.25) is 5.91 Å².